The second-order valence-electron chi connectivity index (χ2n) is 4.54. The molecule has 2 aromatic carbocycles. The summed E-state index contributed by atoms with van der Waals surface area (Å²) >= 11 is 22.7. The van der Waals surface area contributed by atoms with Crippen LogP contribution < -0.4 is 15.4 Å². The summed E-state index contributed by atoms with van der Waals surface area (Å²) in [5, 5.41) is 15.6. The Bertz CT molecular complexity index is 815. The number of phenols is 1. The number of carbonyl (C=O) groups excluding carboxylic acids is 1. The van der Waals surface area contributed by atoms with Gasteiger partial charge in [-0.2, -0.15) is 0 Å². The topological polar surface area (TPSA) is 70.6 Å². The highest BCUT2D eigenvalue weighted by Gasteiger charge is 2.13. The molecule has 0 aliphatic rings. The minimum atomic E-state index is -0.482. The van der Waals surface area contributed by atoms with Gasteiger partial charge in [0.25, 0.3) is 5.91 Å². The molecule has 9 heteroatoms. The molecule has 2 rings (SSSR count). The number of halogens is 3. The average Bonchev–Trinajstić information content (AvgIpc) is 2.51. The first-order valence-corrected chi connectivity index (χ1v) is 8.00. The van der Waals surface area contributed by atoms with Gasteiger partial charge >= 0.3 is 0 Å². The standard InChI is InChI=1S/C15H11Cl3N2O3S/c1-23-12-3-2-7(4-9(12)17)14(22)20-15(24)19-11-6-8(16)5-10(18)13(11)21/h2-6,21H,1H3,(H2,19,20,22,24). The molecule has 0 heterocycles. The molecule has 24 heavy (non-hydrogen) atoms. The van der Waals surface area contributed by atoms with Crippen molar-refractivity contribution in [3.05, 3.63) is 51.0 Å². The van der Waals surface area contributed by atoms with Crippen molar-refractivity contribution in [2.24, 2.45) is 0 Å². The van der Waals surface area contributed by atoms with Crippen LogP contribution in [0.5, 0.6) is 11.5 Å². The van der Waals surface area contributed by atoms with Gasteiger partial charge in [-0.3, -0.25) is 10.1 Å². The Kier molecular flexibility index (Phi) is 6.12. The summed E-state index contributed by atoms with van der Waals surface area (Å²) in [6, 6.07) is 7.36. The molecule has 0 unspecified atom stereocenters. The van der Waals surface area contributed by atoms with Gasteiger partial charge in [0.2, 0.25) is 0 Å². The number of hydrogen-bond acceptors (Lipinski definition) is 4. The van der Waals surface area contributed by atoms with E-state index in [0.29, 0.717) is 21.4 Å². The lowest BCUT2D eigenvalue weighted by atomic mass is 10.2. The van der Waals surface area contributed by atoms with Gasteiger partial charge < -0.3 is 15.2 Å². The van der Waals surface area contributed by atoms with Crippen LogP contribution in [0, 0.1) is 0 Å². The number of benzene rings is 2. The molecular formula is C15H11Cl3N2O3S. The van der Waals surface area contributed by atoms with Crippen molar-refractivity contribution in [1.29, 1.82) is 0 Å². The van der Waals surface area contributed by atoms with E-state index in [1.807, 2.05) is 0 Å². The highest BCUT2D eigenvalue weighted by Crippen LogP contribution is 2.35. The van der Waals surface area contributed by atoms with Gasteiger partial charge in [0.05, 0.1) is 22.8 Å². The summed E-state index contributed by atoms with van der Waals surface area (Å²) < 4.78 is 5.02. The second-order valence-corrected chi connectivity index (χ2v) is 6.20. The van der Waals surface area contributed by atoms with Gasteiger partial charge in [-0.25, -0.2) is 0 Å². The number of methoxy groups -OCH3 is 1. The first-order valence-electron chi connectivity index (χ1n) is 6.45. The molecule has 3 N–H and O–H groups in total. The van der Waals surface area contributed by atoms with Crippen molar-refractivity contribution in [1.82, 2.24) is 5.32 Å². The maximum Gasteiger partial charge on any atom is 0.257 e. The van der Waals surface area contributed by atoms with Crippen molar-refractivity contribution < 1.29 is 14.6 Å². The molecule has 0 aliphatic heterocycles. The minimum Gasteiger partial charge on any atom is -0.504 e. The Labute approximate surface area is 158 Å². The third-order valence-corrected chi connectivity index (χ3v) is 3.92. The highest BCUT2D eigenvalue weighted by atomic mass is 35.5. The maximum absolute atomic E-state index is 12.2. The quantitative estimate of drug-likeness (QED) is 0.518. The van der Waals surface area contributed by atoms with Crippen LogP contribution in [0.3, 0.4) is 0 Å². The summed E-state index contributed by atoms with van der Waals surface area (Å²) in [5.74, 6) is -0.262. The monoisotopic (exact) mass is 404 g/mol. The Morgan fingerprint density at radius 3 is 2.50 bits per heavy atom. The summed E-state index contributed by atoms with van der Waals surface area (Å²) in [6.07, 6.45) is 0. The van der Waals surface area contributed by atoms with E-state index >= 15 is 0 Å². The van der Waals surface area contributed by atoms with Crippen LogP contribution in [0.15, 0.2) is 30.3 Å². The van der Waals surface area contributed by atoms with Crippen LogP contribution in [0.2, 0.25) is 15.1 Å². The molecular weight excluding hydrogens is 395 g/mol. The van der Waals surface area contributed by atoms with Crippen molar-refractivity contribution in [2.45, 2.75) is 0 Å². The molecule has 126 valence electrons. The fraction of sp³-hybridized carbons (Fsp3) is 0.0667. The molecule has 5 nitrogen and oxygen atoms in total. The van der Waals surface area contributed by atoms with E-state index in [4.69, 9.17) is 51.8 Å². The Morgan fingerprint density at radius 1 is 1.17 bits per heavy atom. The molecule has 0 aliphatic carbocycles. The molecule has 0 saturated heterocycles. The van der Waals surface area contributed by atoms with Crippen LogP contribution in [0.1, 0.15) is 10.4 Å². The predicted molar refractivity (Wildman–Crippen MR) is 99.8 cm³/mol. The molecule has 0 radical (unpaired) electrons. The Hall–Kier alpha value is -1.73. The van der Waals surface area contributed by atoms with E-state index in [0.717, 1.165) is 0 Å². The number of amides is 1. The normalized spacial score (nSPS) is 10.2. The minimum absolute atomic E-state index is 0.0411. The van der Waals surface area contributed by atoms with Gasteiger partial charge in [-0.15, -0.1) is 0 Å². The summed E-state index contributed by atoms with van der Waals surface area (Å²) in [5.41, 5.74) is 0.462. The van der Waals surface area contributed by atoms with E-state index in [-0.39, 0.29) is 21.6 Å². The smallest absolute Gasteiger partial charge is 0.257 e. The van der Waals surface area contributed by atoms with Crippen LogP contribution in [0.4, 0.5) is 5.69 Å². The third kappa shape index (κ3) is 4.42. The Morgan fingerprint density at radius 2 is 1.88 bits per heavy atom. The van der Waals surface area contributed by atoms with E-state index in [1.165, 1.54) is 31.4 Å². The maximum atomic E-state index is 12.2. The molecule has 0 fully saturated rings. The number of carbonyl (C=O) groups is 1. The zero-order chi connectivity index (χ0) is 17.9. The SMILES string of the molecule is COc1ccc(C(=O)NC(=S)Nc2cc(Cl)cc(Cl)c2O)cc1Cl. The number of rotatable bonds is 3. The molecule has 0 bridgehead atoms. The first kappa shape index (κ1) is 18.6. The molecule has 0 saturated carbocycles. The number of aromatic hydroxyl groups is 1. The number of ether oxygens (including phenoxy) is 1. The lowest BCUT2D eigenvalue weighted by molar-refractivity contribution is 0.0977. The van der Waals surface area contributed by atoms with E-state index in [2.05, 4.69) is 10.6 Å². The van der Waals surface area contributed by atoms with Crippen molar-refractivity contribution >= 4 is 63.7 Å². The molecule has 0 atom stereocenters. The zero-order valence-electron chi connectivity index (χ0n) is 12.2. The molecule has 2 aromatic rings. The first-order chi connectivity index (χ1) is 11.3. The number of phenolic OH excluding ortho intramolecular Hbond substituents is 1. The fourth-order valence-electron chi connectivity index (χ4n) is 1.80. The van der Waals surface area contributed by atoms with Gasteiger partial charge in [0.15, 0.2) is 10.9 Å². The van der Waals surface area contributed by atoms with Crippen LogP contribution in [0.25, 0.3) is 0 Å². The average molecular weight is 406 g/mol. The van der Waals surface area contributed by atoms with Gasteiger partial charge in [0.1, 0.15) is 5.75 Å². The zero-order valence-corrected chi connectivity index (χ0v) is 15.3. The molecule has 0 aromatic heterocycles. The van der Waals surface area contributed by atoms with Crippen LogP contribution >= 0.6 is 47.0 Å². The van der Waals surface area contributed by atoms with E-state index in [1.54, 1.807) is 6.07 Å². The van der Waals surface area contributed by atoms with Gasteiger partial charge in [-0.05, 0) is 42.5 Å². The predicted octanol–water partition coefficient (Wildman–Crippen LogP) is 4.49. The summed E-state index contributed by atoms with van der Waals surface area (Å²) in [6.45, 7) is 0. The lowest BCUT2D eigenvalue weighted by Crippen LogP contribution is -2.34. The fourth-order valence-corrected chi connectivity index (χ4v) is 2.75. The number of hydrogen-bond donors (Lipinski definition) is 3. The number of nitrogens with one attached hydrogen (secondary N) is 2. The lowest BCUT2D eigenvalue weighted by Gasteiger charge is -2.12. The number of thiocarbonyl (C=S) groups is 1. The summed E-state index contributed by atoms with van der Waals surface area (Å²) in [7, 11) is 1.47. The van der Waals surface area contributed by atoms with Crippen molar-refractivity contribution in [3.63, 3.8) is 0 Å². The largest absolute Gasteiger partial charge is 0.504 e. The van der Waals surface area contributed by atoms with Gasteiger partial charge in [-0.1, -0.05) is 34.8 Å². The van der Waals surface area contributed by atoms with E-state index < -0.39 is 5.91 Å². The summed E-state index contributed by atoms with van der Waals surface area (Å²) in [4.78, 5) is 12.2. The molecule has 0 spiro atoms. The van der Waals surface area contributed by atoms with Crippen LogP contribution in [-0.4, -0.2) is 23.2 Å². The van der Waals surface area contributed by atoms with Crippen molar-refractivity contribution in [3.8, 4) is 11.5 Å². The third-order valence-electron chi connectivity index (χ3n) is 2.92. The van der Waals surface area contributed by atoms with Gasteiger partial charge in [0, 0.05) is 10.6 Å². The van der Waals surface area contributed by atoms with Crippen LogP contribution in [-0.2, 0) is 0 Å². The Balaban J connectivity index is 2.10. The molecule has 1 amide bonds. The second kappa shape index (κ2) is 7.90. The number of anilines is 1. The van der Waals surface area contributed by atoms with Crippen molar-refractivity contribution in [2.75, 3.05) is 12.4 Å². The highest BCUT2D eigenvalue weighted by molar-refractivity contribution is 7.80. The van der Waals surface area contributed by atoms with E-state index in [9.17, 15) is 9.90 Å².